The molecule has 2 atom stereocenters. The Bertz CT molecular complexity index is 1150. The van der Waals surface area contributed by atoms with Crippen LogP contribution in [0.1, 0.15) is 74.9 Å². The molecule has 1 aromatic carbocycles. The van der Waals surface area contributed by atoms with E-state index in [-0.39, 0.29) is 16.4 Å². The summed E-state index contributed by atoms with van der Waals surface area (Å²) in [6.45, 7) is 12.3. The molecule has 1 N–H and O–H groups in total. The zero-order valence-corrected chi connectivity index (χ0v) is 21.6. The number of pyridine rings is 1. The molecule has 2 aromatic rings. The number of carbonyl (C=O) groups is 1. The molecule has 1 aliphatic carbocycles. The molecule has 5 nitrogen and oxygen atoms in total. The second-order valence-corrected chi connectivity index (χ2v) is 13.2. The third-order valence-electron chi connectivity index (χ3n) is 7.47. The van der Waals surface area contributed by atoms with Gasteiger partial charge in [0.25, 0.3) is 0 Å². The zero-order valence-electron chi connectivity index (χ0n) is 20.7. The highest BCUT2D eigenvalue weighted by Crippen LogP contribution is 2.50. The Morgan fingerprint density at radius 1 is 1.00 bits per heavy atom. The van der Waals surface area contributed by atoms with E-state index in [1.54, 1.807) is 6.20 Å². The second-order valence-electron chi connectivity index (χ2n) is 10.8. The van der Waals surface area contributed by atoms with Gasteiger partial charge < -0.3 is 14.6 Å². The van der Waals surface area contributed by atoms with Gasteiger partial charge in [-0.2, -0.15) is 0 Å². The molecule has 1 aromatic heterocycles. The van der Waals surface area contributed by atoms with Gasteiger partial charge in [0.05, 0.1) is 19.1 Å². The lowest BCUT2D eigenvalue weighted by atomic mass is 9.67. The maximum atomic E-state index is 12.3. The van der Waals surface area contributed by atoms with Crippen molar-refractivity contribution in [3.05, 3.63) is 70.6 Å². The molecular weight excluding hydrogens is 445 g/mol. The molecule has 0 bridgehead atoms. The molecule has 0 saturated carbocycles. The zero-order chi connectivity index (χ0) is 24.3. The maximum Gasteiger partial charge on any atom is 0.240 e. The van der Waals surface area contributed by atoms with Gasteiger partial charge in [0.2, 0.25) is 5.79 Å². The third kappa shape index (κ3) is 3.78. The Balaban J connectivity index is 1.62. The predicted octanol–water partition coefficient (Wildman–Crippen LogP) is 4.90. The average Bonchev–Trinajstić information content (AvgIpc) is 3.15. The Morgan fingerprint density at radius 2 is 1.65 bits per heavy atom. The van der Waals surface area contributed by atoms with Crippen molar-refractivity contribution in [2.24, 2.45) is 0 Å². The Hall–Kier alpha value is -1.91. The first kappa shape index (κ1) is 23.8. The van der Waals surface area contributed by atoms with Gasteiger partial charge in [-0.05, 0) is 48.6 Å². The highest BCUT2D eigenvalue weighted by atomic mass is 31.1. The molecule has 5 rings (SSSR count). The second kappa shape index (κ2) is 8.34. The molecule has 3 heterocycles. The highest BCUT2D eigenvalue weighted by Gasteiger charge is 2.44. The number of hydrogen-bond acceptors (Lipinski definition) is 5. The van der Waals surface area contributed by atoms with E-state index in [2.05, 4.69) is 58.9 Å². The van der Waals surface area contributed by atoms with Crippen molar-refractivity contribution < 1.29 is 19.4 Å². The fourth-order valence-corrected chi connectivity index (χ4v) is 7.55. The minimum atomic E-state index is -1.24. The number of aryl methyl sites for hydroxylation is 1. The SMILES string of the molecule is Cc1cc2c(cc1C1(c3ccc(P4C(=O)CCC4O)cn3)OCCCO1)C(C)(C)C=CC2(C)C. The maximum absolute atomic E-state index is 12.3. The highest BCUT2D eigenvalue weighted by molar-refractivity contribution is 7.82. The number of benzene rings is 1. The lowest BCUT2D eigenvalue weighted by Gasteiger charge is -2.41. The van der Waals surface area contributed by atoms with E-state index in [0.29, 0.717) is 31.7 Å². The number of allylic oxidation sites excluding steroid dienone is 2. The minimum Gasteiger partial charge on any atom is -0.388 e. The van der Waals surface area contributed by atoms with Crippen LogP contribution in [0.4, 0.5) is 0 Å². The summed E-state index contributed by atoms with van der Waals surface area (Å²) < 4.78 is 12.8. The largest absolute Gasteiger partial charge is 0.388 e. The average molecular weight is 480 g/mol. The fraction of sp³-hybridized carbons (Fsp3) is 0.500. The van der Waals surface area contributed by atoms with Gasteiger partial charge in [-0.25, -0.2) is 0 Å². The lowest BCUT2D eigenvalue weighted by molar-refractivity contribution is -0.251. The van der Waals surface area contributed by atoms with Gasteiger partial charge in [0.15, 0.2) is 5.52 Å². The molecule has 0 amide bonds. The topological polar surface area (TPSA) is 68.7 Å². The Labute approximate surface area is 203 Å². The van der Waals surface area contributed by atoms with Gasteiger partial charge in [-0.15, -0.1) is 0 Å². The quantitative estimate of drug-likeness (QED) is 0.501. The number of carbonyl (C=O) groups excluding carboxylic acids is 1. The molecule has 6 heteroatoms. The van der Waals surface area contributed by atoms with Crippen LogP contribution in [-0.4, -0.2) is 34.7 Å². The van der Waals surface area contributed by atoms with Crippen LogP contribution >= 0.6 is 7.92 Å². The van der Waals surface area contributed by atoms with Gasteiger partial charge in [-0.3, -0.25) is 9.78 Å². The normalized spacial score (nSPS) is 26.9. The molecule has 180 valence electrons. The number of hydrogen-bond donors (Lipinski definition) is 1. The number of nitrogens with zero attached hydrogens (tertiary/aromatic N) is 1. The van der Waals surface area contributed by atoms with Crippen LogP contribution in [0.3, 0.4) is 0 Å². The van der Waals surface area contributed by atoms with Crippen LogP contribution in [0.15, 0.2) is 42.6 Å². The van der Waals surface area contributed by atoms with E-state index in [1.807, 2.05) is 12.1 Å². The number of aliphatic hydroxyl groups excluding tert-OH is 1. The molecule has 3 aliphatic rings. The van der Waals surface area contributed by atoms with Gasteiger partial charge in [0.1, 0.15) is 5.69 Å². The summed E-state index contributed by atoms with van der Waals surface area (Å²) in [5, 5.41) is 11.1. The van der Waals surface area contributed by atoms with Gasteiger partial charge in [-0.1, -0.05) is 52.0 Å². The van der Waals surface area contributed by atoms with Crippen LogP contribution in [-0.2, 0) is 30.9 Å². The van der Waals surface area contributed by atoms with Crippen molar-refractivity contribution in [1.82, 2.24) is 4.98 Å². The van der Waals surface area contributed by atoms with Crippen LogP contribution in [0.5, 0.6) is 0 Å². The molecule has 0 radical (unpaired) electrons. The summed E-state index contributed by atoms with van der Waals surface area (Å²) in [5.74, 6) is -1.67. The first-order valence-electron chi connectivity index (χ1n) is 12.2. The molecule has 2 saturated heterocycles. The van der Waals surface area contributed by atoms with E-state index in [4.69, 9.17) is 14.5 Å². The van der Waals surface area contributed by atoms with Crippen molar-refractivity contribution in [3.8, 4) is 0 Å². The van der Waals surface area contributed by atoms with Crippen molar-refractivity contribution in [2.75, 3.05) is 13.2 Å². The summed E-state index contributed by atoms with van der Waals surface area (Å²) in [4.78, 5) is 17.1. The van der Waals surface area contributed by atoms with Crippen LogP contribution in [0, 0.1) is 6.92 Å². The smallest absolute Gasteiger partial charge is 0.240 e. The lowest BCUT2D eigenvalue weighted by Crippen LogP contribution is -2.41. The fourth-order valence-electron chi connectivity index (χ4n) is 5.41. The predicted molar refractivity (Wildman–Crippen MR) is 135 cm³/mol. The van der Waals surface area contributed by atoms with Crippen LogP contribution in [0.2, 0.25) is 0 Å². The molecule has 2 aliphatic heterocycles. The summed E-state index contributed by atoms with van der Waals surface area (Å²) in [7, 11) is -1.24. The molecule has 2 unspecified atom stereocenters. The number of ether oxygens (including phenoxy) is 2. The molecular formula is C28H34NO4P. The van der Waals surface area contributed by atoms with Gasteiger partial charge in [0, 0.05) is 42.2 Å². The van der Waals surface area contributed by atoms with Crippen molar-refractivity contribution in [1.29, 1.82) is 0 Å². The molecule has 0 spiro atoms. The number of rotatable bonds is 3. The van der Waals surface area contributed by atoms with E-state index in [1.165, 1.54) is 11.1 Å². The Kier molecular flexibility index (Phi) is 5.84. The van der Waals surface area contributed by atoms with Crippen molar-refractivity contribution in [3.63, 3.8) is 0 Å². The van der Waals surface area contributed by atoms with E-state index >= 15 is 0 Å². The summed E-state index contributed by atoms with van der Waals surface area (Å²) in [5.41, 5.74) is 5.35. The standard InChI is InChI=1S/C28H34NO4P/c1-18-15-21-22(27(4,5)12-11-26(21,2)3)16-20(18)28(32-13-6-14-33-28)23-8-7-19(17-29-23)34-24(30)9-10-25(34)31/h7-8,11-12,15-17,24,30H,6,9-10,13-14H2,1-5H3. The minimum absolute atomic E-state index is 0.0493. The van der Waals surface area contributed by atoms with E-state index in [9.17, 15) is 9.90 Å². The van der Waals surface area contributed by atoms with Gasteiger partial charge >= 0.3 is 0 Å². The third-order valence-corrected chi connectivity index (χ3v) is 9.91. The summed E-state index contributed by atoms with van der Waals surface area (Å²) in [6.07, 6.45) is 8.15. The van der Waals surface area contributed by atoms with E-state index in [0.717, 1.165) is 22.9 Å². The number of fused-ring (bicyclic) bond motifs is 1. The van der Waals surface area contributed by atoms with Crippen molar-refractivity contribution in [2.45, 2.75) is 76.3 Å². The monoisotopic (exact) mass is 479 g/mol. The number of aromatic nitrogens is 1. The van der Waals surface area contributed by atoms with Crippen molar-refractivity contribution >= 4 is 18.8 Å². The molecule has 34 heavy (non-hydrogen) atoms. The summed E-state index contributed by atoms with van der Waals surface area (Å²) in [6, 6.07) is 8.37. The van der Waals surface area contributed by atoms with Crippen LogP contribution < -0.4 is 5.30 Å². The first-order chi connectivity index (χ1) is 16.1. The number of aliphatic hydroxyl groups is 1. The Morgan fingerprint density at radius 3 is 2.21 bits per heavy atom. The van der Waals surface area contributed by atoms with E-state index < -0.39 is 19.6 Å². The molecule has 2 fully saturated rings. The first-order valence-corrected chi connectivity index (χ1v) is 13.6. The van der Waals surface area contributed by atoms with Crippen LogP contribution in [0.25, 0.3) is 0 Å². The summed E-state index contributed by atoms with van der Waals surface area (Å²) >= 11 is 0.